The fourth-order valence-corrected chi connectivity index (χ4v) is 6.14. The molecule has 5 atom stereocenters. The third-order valence-electron chi connectivity index (χ3n) is 7.25. The lowest BCUT2D eigenvalue weighted by Crippen LogP contribution is -2.46. The van der Waals surface area contributed by atoms with Crippen LogP contribution in [-0.2, 0) is 4.74 Å². The molecule has 1 spiro atoms. The minimum absolute atomic E-state index is 0.157. The Morgan fingerprint density at radius 1 is 1.06 bits per heavy atom. The quantitative estimate of drug-likeness (QED) is 0.661. The van der Waals surface area contributed by atoms with Gasteiger partial charge in [-0.05, 0) is 62.2 Å². The highest BCUT2D eigenvalue weighted by Crippen LogP contribution is 2.74. The molecule has 3 saturated carbocycles. The van der Waals surface area contributed by atoms with E-state index in [9.17, 15) is 0 Å². The largest absolute Gasteiger partial charge is 0.378 e. The third-order valence-corrected chi connectivity index (χ3v) is 7.25. The van der Waals surface area contributed by atoms with Crippen LogP contribution < -0.4 is 0 Å². The summed E-state index contributed by atoms with van der Waals surface area (Å²) in [5.41, 5.74) is 1.19. The summed E-state index contributed by atoms with van der Waals surface area (Å²) in [5, 5.41) is 0. The summed E-state index contributed by atoms with van der Waals surface area (Å²) >= 11 is 0. The van der Waals surface area contributed by atoms with E-state index in [0.717, 1.165) is 17.8 Å². The highest BCUT2D eigenvalue weighted by Gasteiger charge is 2.69. The van der Waals surface area contributed by atoms with Crippen molar-refractivity contribution in [3.8, 4) is 0 Å². The summed E-state index contributed by atoms with van der Waals surface area (Å²) in [7, 11) is 1.94. The second-order valence-electron chi connectivity index (χ2n) is 7.83. The van der Waals surface area contributed by atoms with Crippen LogP contribution in [0.3, 0.4) is 0 Å². The van der Waals surface area contributed by atoms with E-state index >= 15 is 0 Å². The minimum atomic E-state index is 0.157. The van der Waals surface area contributed by atoms with Crippen molar-refractivity contribution in [2.75, 3.05) is 7.11 Å². The molecule has 0 radical (unpaired) electrons. The maximum absolute atomic E-state index is 6.02. The van der Waals surface area contributed by atoms with E-state index in [-0.39, 0.29) is 5.60 Å². The van der Waals surface area contributed by atoms with Crippen molar-refractivity contribution in [2.45, 2.75) is 65.4 Å². The van der Waals surface area contributed by atoms with Crippen molar-refractivity contribution in [1.29, 1.82) is 0 Å². The zero-order chi connectivity index (χ0) is 12.5. The first-order valence-corrected chi connectivity index (χ1v) is 7.42. The number of methoxy groups -OCH3 is 1. The van der Waals surface area contributed by atoms with E-state index in [4.69, 9.17) is 4.74 Å². The van der Waals surface area contributed by atoms with Gasteiger partial charge in [-0.25, -0.2) is 0 Å². The average Bonchev–Trinajstić information content (AvgIpc) is 2.67. The molecule has 0 saturated heterocycles. The van der Waals surface area contributed by atoms with Gasteiger partial charge in [0.2, 0.25) is 0 Å². The molecule has 17 heavy (non-hydrogen) atoms. The van der Waals surface area contributed by atoms with Gasteiger partial charge < -0.3 is 4.74 Å². The van der Waals surface area contributed by atoms with Gasteiger partial charge in [0.1, 0.15) is 0 Å². The summed E-state index contributed by atoms with van der Waals surface area (Å²) in [5.74, 6) is 2.74. The predicted octanol–water partition coefficient (Wildman–Crippen LogP) is 4.26. The molecule has 0 amide bonds. The first kappa shape index (κ1) is 12.0. The molecule has 1 heteroatoms. The molecule has 1 nitrogen and oxygen atoms in total. The fourth-order valence-electron chi connectivity index (χ4n) is 6.14. The molecule has 2 bridgehead atoms. The SMILES string of the molecule is CO[C@]1(C)CC[C@H]2C(C)(C)[C@@H]3C[C@@]21CC[C@H]3C. The highest BCUT2D eigenvalue weighted by molar-refractivity contribution is 5.19. The molecule has 3 fully saturated rings. The molecule has 98 valence electrons. The first-order valence-electron chi connectivity index (χ1n) is 7.42. The van der Waals surface area contributed by atoms with E-state index in [1.54, 1.807) is 0 Å². The Balaban J connectivity index is 2.07. The molecule has 0 unspecified atom stereocenters. The van der Waals surface area contributed by atoms with Crippen LogP contribution in [0.5, 0.6) is 0 Å². The van der Waals surface area contributed by atoms with Gasteiger partial charge >= 0.3 is 0 Å². The molecule has 0 heterocycles. The highest BCUT2D eigenvalue weighted by atomic mass is 16.5. The molecule has 0 aromatic heterocycles. The van der Waals surface area contributed by atoms with Crippen LogP contribution in [0.15, 0.2) is 0 Å². The second-order valence-corrected chi connectivity index (χ2v) is 7.83. The fraction of sp³-hybridized carbons (Fsp3) is 1.00. The lowest BCUT2D eigenvalue weighted by Gasteiger charge is -2.46. The molecular formula is C16H28O. The molecular weight excluding hydrogens is 208 g/mol. The Labute approximate surface area is 106 Å². The van der Waals surface area contributed by atoms with Crippen molar-refractivity contribution in [3.63, 3.8) is 0 Å². The van der Waals surface area contributed by atoms with Gasteiger partial charge in [-0.2, -0.15) is 0 Å². The van der Waals surface area contributed by atoms with Crippen LogP contribution in [0.1, 0.15) is 59.8 Å². The van der Waals surface area contributed by atoms with Gasteiger partial charge in [-0.3, -0.25) is 0 Å². The number of rotatable bonds is 1. The van der Waals surface area contributed by atoms with Crippen molar-refractivity contribution in [1.82, 2.24) is 0 Å². The van der Waals surface area contributed by atoms with Crippen molar-refractivity contribution in [2.24, 2.45) is 28.6 Å². The van der Waals surface area contributed by atoms with E-state index < -0.39 is 0 Å². The lowest BCUT2D eigenvalue weighted by molar-refractivity contribution is -0.104. The first-order chi connectivity index (χ1) is 7.87. The molecule has 3 aliphatic rings. The maximum Gasteiger partial charge on any atom is 0.0709 e. The minimum Gasteiger partial charge on any atom is -0.378 e. The Morgan fingerprint density at radius 3 is 2.41 bits per heavy atom. The van der Waals surface area contributed by atoms with E-state index in [0.29, 0.717) is 10.8 Å². The molecule has 0 aromatic carbocycles. The monoisotopic (exact) mass is 236 g/mol. The van der Waals surface area contributed by atoms with E-state index in [1.165, 1.54) is 32.1 Å². The van der Waals surface area contributed by atoms with Crippen LogP contribution >= 0.6 is 0 Å². The van der Waals surface area contributed by atoms with Crippen LogP contribution in [0.4, 0.5) is 0 Å². The van der Waals surface area contributed by atoms with Gasteiger partial charge in [0.15, 0.2) is 0 Å². The van der Waals surface area contributed by atoms with Crippen molar-refractivity contribution >= 4 is 0 Å². The van der Waals surface area contributed by atoms with E-state index in [1.807, 2.05) is 7.11 Å². The Morgan fingerprint density at radius 2 is 1.76 bits per heavy atom. The van der Waals surface area contributed by atoms with Crippen molar-refractivity contribution < 1.29 is 4.74 Å². The lowest BCUT2D eigenvalue weighted by atomic mass is 9.63. The van der Waals surface area contributed by atoms with Gasteiger partial charge in [-0.1, -0.05) is 20.8 Å². The number of fused-ring (bicyclic) bond motifs is 1. The Kier molecular flexibility index (Phi) is 2.32. The molecule has 3 rings (SSSR count). The van der Waals surface area contributed by atoms with Crippen LogP contribution in [-0.4, -0.2) is 12.7 Å². The van der Waals surface area contributed by atoms with Gasteiger partial charge in [-0.15, -0.1) is 0 Å². The van der Waals surface area contributed by atoms with Gasteiger partial charge in [0.25, 0.3) is 0 Å². The standard InChI is InChI=1S/C16H28O/c1-11-6-9-16-10-12(11)14(2,3)13(16)7-8-15(16,4)17-5/h11-13H,6-10H2,1-5H3/t11-,12-,13+,15-,16+/m1/s1. The summed E-state index contributed by atoms with van der Waals surface area (Å²) in [4.78, 5) is 0. The summed E-state index contributed by atoms with van der Waals surface area (Å²) in [6.07, 6.45) is 6.92. The Hall–Kier alpha value is -0.0400. The number of ether oxygens (including phenoxy) is 1. The summed E-state index contributed by atoms with van der Waals surface area (Å²) in [6, 6.07) is 0. The van der Waals surface area contributed by atoms with Gasteiger partial charge in [0.05, 0.1) is 5.60 Å². The molecule has 0 aliphatic heterocycles. The zero-order valence-electron chi connectivity index (χ0n) is 12.2. The molecule has 3 aliphatic carbocycles. The Bertz CT molecular complexity index is 334. The van der Waals surface area contributed by atoms with Crippen molar-refractivity contribution in [3.05, 3.63) is 0 Å². The molecule has 0 N–H and O–H groups in total. The summed E-state index contributed by atoms with van der Waals surface area (Å²) in [6.45, 7) is 9.94. The third kappa shape index (κ3) is 1.20. The topological polar surface area (TPSA) is 9.23 Å². The van der Waals surface area contributed by atoms with Crippen LogP contribution in [0.2, 0.25) is 0 Å². The smallest absolute Gasteiger partial charge is 0.0709 e. The number of hydrogen-bond acceptors (Lipinski definition) is 1. The number of hydrogen-bond donors (Lipinski definition) is 0. The normalized spacial score (nSPS) is 55.9. The van der Waals surface area contributed by atoms with Gasteiger partial charge in [0, 0.05) is 12.5 Å². The summed E-state index contributed by atoms with van der Waals surface area (Å²) < 4.78 is 6.02. The molecule has 0 aromatic rings. The van der Waals surface area contributed by atoms with Crippen LogP contribution in [0, 0.1) is 28.6 Å². The predicted molar refractivity (Wildman–Crippen MR) is 70.9 cm³/mol. The maximum atomic E-state index is 6.02. The zero-order valence-corrected chi connectivity index (χ0v) is 12.2. The van der Waals surface area contributed by atoms with E-state index in [2.05, 4.69) is 27.7 Å². The van der Waals surface area contributed by atoms with Crippen LogP contribution in [0.25, 0.3) is 0 Å². The average molecular weight is 236 g/mol. The second kappa shape index (κ2) is 3.29.